The maximum absolute atomic E-state index is 10.6. The predicted molar refractivity (Wildman–Crippen MR) is 77.4 cm³/mol. The van der Waals surface area contributed by atoms with E-state index < -0.39 is 5.97 Å². The van der Waals surface area contributed by atoms with Gasteiger partial charge in [-0.1, -0.05) is 23.2 Å². The van der Waals surface area contributed by atoms with Crippen LogP contribution in [0.5, 0.6) is 11.5 Å². The minimum absolute atomic E-state index is 0.444. The van der Waals surface area contributed by atoms with Crippen LogP contribution in [0.15, 0.2) is 42.7 Å². The van der Waals surface area contributed by atoms with Gasteiger partial charge in [0.2, 0.25) is 0 Å². The molecule has 0 spiro atoms. The van der Waals surface area contributed by atoms with Crippen molar-refractivity contribution in [1.82, 2.24) is 4.98 Å². The number of hydrogen-bond acceptors (Lipinski definition) is 3. The summed E-state index contributed by atoms with van der Waals surface area (Å²) in [5.74, 6) is -0.152. The van der Waals surface area contributed by atoms with Gasteiger partial charge in [0.1, 0.15) is 11.5 Å². The number of ether oxygens (including phenoxy) is 1. The van der Waals surface area contributed by atoms with Crippen LogP contribution in [0.1, 0.15) is 5.56 Å². The van der Waals surface area contributed by atoms with Gasteiger partial charge in [0, 0.05) is 28.9 Å². The zero-order chi connectivity index (χ0) is 14.5. The van der Waals surface area contributed by atoms with Crippen LogP contribution in [0.25, 0.3) is 6.08 Å². The fraction of sp³-hybridized carbons (Fsp3) is 0. The summed E-state index contributed by atoms with van der Waals surface area (Å²) in [6.45, 7) is 0. The summed E-state index contributed by atoms with van der Waals surface area (Å²) in [6, 6.07) is 6.50. The fourth-order valence-electron chi connectivity index (χ4n) is 1.48. The molecule has 0 saturated heterocycles. The van der Waals surface area contributed by atoms with Gasteiger partial charge in [-0.3, -0.25) is 4.98 Å². The van der Waals surface area contributed by atoms with Gasteiger partial charge in [0.05, 0.1) is 11.2 Å². The van der Waals surface area contributed by atoms with Crippen molar-refractivity contribution in [2.24, 2.45) is 0 Å². The molecule has 0 atom stereocenters. The highest BCUT2D eigenvalue weighted by atomic mass is 35.5. The number of carboxylic acid groups (broad SMARTS) is 1. The third-order valence-electron chi connectivity index (χ3n) is 2.28. The number of nitrogens with zero attached hydrogens (tertiary/aromatic N) is 1. The zero-order valence-electron chi connectivity index (χ0n) is 10.1. The van der Waals surface area contributed by atoms with Crippen molar-refractivity contribution in [3.05, 3.63) is 58.3 Å². The van der Waals surface area contributed by atoms with Crippen molar-refractivity contribution in [3.63, 3.8) is 0 Å². The summed E-state index contributed by atoms with van der Waals surface area (Å²) in [5, 5.41) is 9.60. The van der Waals surface area contributed by atoms with E-state index in [2.05, 4.69) is 4.98 Å². The quantitative estimate of drug-likeness (QED) is 0.856. The number of pyridine rings is 1. The van der Waals surface area contributed by atoms with Crippen molar-refractivity contribution < 1.29 is 14.6 Å². The molecule has 2 aromatic rings. The van der Waals surface area contributed by atoms with E-state index in [1.54, 1.807) is 24.3 Å². The van der Waals surface area contributed by atoms with Crippen LogP contribution < -0.4 is 4.74 Å². The van der Waals surface area contributed by atoms with Crippen LogP contribution >= 0.6 is 23.2 Å². The van der Waals surface area contributed by atoms with Crippen LogP contribution in [0, 0.1) is 0 Å². The van der Waals surface area contributed by atoms with E-state index >= 15 is 0 Å². The van der Waals surface area contributed by atoms with Gasteiger partial charge in [0.25, 0.3) is 0 Å². The zero-order valence-corrected chi connectivity index (χ0v) is 11.6. The molecule has 1 heterocycles. The second-order valence-electron chi connectivity index (χ2n) is 3.79. The number of halogens is 2. The first kappa shape index (κ1) is 14.4. The first-order valence-electron chi connectivity index (χ1n) is 5.53. The van der Waals surface area contributed by atoms with Gasteiger partial charge < -0.3 is 9.84 Å². The first-order valence-corrected chi connectivity index (χ1v) is 6.29. The molecule has 0 radical (unpaired) electrons. The summed E-state index contributed by atoms with van der Waals surface area (Å²) in [6.07, 6.45) is 5.41. The lowest BCUT2D eigenvalue weighted by Gasteiger charge is -2.09. The first-order chi connectivity index (χ1) is 9.54. The second kappa shape index (κ2) is 6.41. The van der Waals surface area contributed by atoms with E-state index in [0.717, 1.165) is 6.08 Å². The lowest BCUT2D eigenvalue weighted by atomic mass is 10.2. The largest absolute Gasteiger partial charge is 0.478 e. The van der Waals surface area contributed by atoms with E-state index in [4.69, 9.17) is 33.0 Å². The maximum atomic E-state index is 10.6. The van der Waals surface area contributed by atoms with E-state index in [9.17, 15) is 4.79 Å². The maximum Gasteiger partial charge on any atom is 0.328 e. The van der Waals surface area contributed by atoms with Crippen molar-refractivity contribution in [1.29, 1.82) is 0 Å². The lowest BCUT2D eigenvalue weighted by Crippen LogP contribution is -1.90. The molecule has 0 aliphatic heterocycles. The molecule has 1 aromatic carbocycles. The molecule has 0 unspecified atom stereocenters. The van der Waals surface area contributed by atoms with Crippen LogP contribution in [-0.2, 0) is 4.79 Å². The van der Waals surface area contributed by atoms with Crippen LogP contribution in [-0.4, -0.2) is 16.1 Å². The van der Waals surface area contributed by atoms with E-state index in [0.29, 0.717) is 27.1 Å². The Labute approximate surface area is 125 Å². The predicted octanol–water partition coefficient (Wildman–Crippen LogP) is 4.28. The van der Waals surface area contributed by atoms with Crippen LogP contribution in [0.3, 0.4) is 0 Å². The van der Waals surface area contributed by atoms with Gasteiger partial charge in [-0.15, -0.1) is 0 Å². The number of carboxylic acids is 1. The average molecular weight is 310 g/mol. The Morgan fingerprint density at radius 3 is 2.70 bits per heavy atom. The Morgan fingerprint density at radius 1 is 1.20 bits per heavy atom. The minimum atomic E-state index is -1.06. The van der Waals surface area contributed by atoms with Crippen molar-refractivity contribution >= 4 is 35.2 Å². The monoisotopic (exact) mass is 309 g/mol. The van der Waals surface area contributed by atoms with Crippen molar-refractivity contribution in [2.75, 3.05) is 0 Å². The van der Waals surface area contributed by atoms with E-state index in [1.807, 2.05) is 0 Å². The Hall–Kier alpha value is -2.04. The number of rotatable bonds is 4. The number of aromatic nitrogens is 1. The number of aliphatic carboxylic acids is 1. The molecule has 102 valence electrons. The van der Waals surface area contributed by atoms with Gasteiger partial charge >= 0.3 is 5.97 Å². The number of carbonyl (C=O) groups is 1. The molecular weight excluding hydrogens is 301 g/mol. The summed E-state index contributed by atoms with van der Waals surface area (Å²) in [7, 11) is 0. The van der Waals surface area contributed by atoms with Crippen LogP contribution in [0.4, 0.5) is 0 Å². The highest BCUT2D eigenvalue weighted by molar-refractivity contribution is 6.31. The standard InChI is InChI=1S/C14H9Cl2NO3/c15-10-2-3-13(9(5-10)1-4-14(18)19)20-12-6-11(16)7-17-8-12/h1-8H,(H,18,19)/b4-1+. The topological polar surface area (TPSA) is 59.4 Å². The Balaban J connectivity index is 2.33. The van der Waals surface area contributed by atoms with Crippen molar-refractivity contribution in [2.45, 2.75) is 0 Å². The summed E-state index contributed by atoms with van der Waals surface area (Å²) >= 11 is 11.7. The Bertz CT molecular complexity index is 671. The molecule has 4 nitrogen and oxygen atoms in total. The second-order valence-corrected chi connectivity index (χ2v) is 4.67. The van der Waals surface area contributed by atoms with E-state index in [1.165, 1.54) is 18.5 Å². The highest BCUT2D eigenvalue weighted by Crippen LogP contribution is 2.29. The number of hydrogen-bond donors (Lipinski definition) is 1. The number of benzene rings is 1. The summed E-state index contributed by atoms with van der Waals surface area (Å²) < 4.78 is 5.63. The molecule has 1 N–H and O–H groups in total. The average Bonchev–Trinajstić information content (AvgIpc) is 2.39. The van der Waals surface area contributed by atoms with Gasteiger partial charge in [-0.25, -0.2) is 4.79 Å². The normalized spacial score (nSPS) is 10.7. The molecule has 2 rings (SSSR count). The Morgan fingerprint density at radius 2 is 2.00 bits per heavy atom. The highest BCUT2D eigenvalue weighted by Gasteiger charge is 2.05. The van der Waals surface area contributed by atoms with Gasteiger partial charge in [-0.05, 0) is 24.3 Å². The summed E-state index contributed by atoms with van der Waals surface area (Å²) in [4.78, 5) is 14.5. The molecule has 0 saturated carbocycles. The fourth-order valence-corrected chi connectivity index (χ4v) is 1.82. The minimum Gasteiger partial charge on any atom is -0.478 e. The van der Waals surface area contributed by atoms with Gasteiger partial charge in [-0.2, -0.15) is 0 Å². The molecule has 6 heteroatoms. The molecule has 0 fully saturated rings. The van der Waals surface area contributed by atoms with E-state index in [-0.39, 0.29) is 0 Å². The molecule has 20 heavy (non-hydrogen) atoms. The molecule has 0 bridgehead atoms. The molecule has 0 aliphatic rings. The molecule has 0 amide bonds. The van der Waals surface area contributed by atoms with Crippen molar-refractivity contribution in [3.8, 4) is 11.5 Å². The van der Waals surface area contributed by atoms with Gasteiger partial charge in [0.15, 0.2) is 0 Å². The Kier molecular flexibility index (Phi) is 4.61. The lowest BCUT2D eigenvalue weighted by molar-refractivity contribution is -0.131. The summed E-state index contributed by atoms with van der Waals surface area (Å²) in [5.41, 5.74) is 0.542. The smallest absolute Gasteiger partial charge is 0.328 e. The molecule has 0 aliphatic carbocycles. The van der Waals surface area contributed by atoms with Crippen LogP contribution in [0.2, 0.25) is 10.0 Å². The third-order valence-corrected chi connectivity index (χ3v) is 2.73. The SMILES string of the molecule is O=C(O)/C=C/c1cc(Cl)ccc1Oc1cncc(Cl)c1. The molecule has 1 aromatic heterocycles. The molecular formula is C14H9Cl2NO3. The third kappa shape index (κ3) is 3.98.